The number of nitrogens with zero attached hydrogens (tertiary/aromatic N) is 6. The number of fused-ring (bicyclic) bond motifs is 8. The van der Waals surface area contributed by atoms with E-state index in [4.69, 9.17) is 42.1 Å². The number of halogens is 2. The number of nitro benzene ring substituents is 6. The molecule has 1 aliphatic rings. The predicted octanol–water partition coefficient (Wildman–Crippen LogP) is 7.93. The van der Waals surface area contributed by atoms with E-state index in [1.807, 2.05) is 0 Å². The van der Waals surface area contributed by atoms with Crippen LogP contribution in [-0.4, -0.2) is 29.5 Å². The van der Waals surface area contributed by atoms with Crippen molar-refractivity contribution >= 4 is 57.3 Å². The molecule has 5 rings (SSSR count). The SMILES string of the molecule is O=[N+]([O-])c1cc([N+](=O)[O-])c2cc1Oc1cc(c([N+](=O)[O-])cc1Cl)Oc1cc(c([N+](=O)[O-])cc1[N+](=O)[O-])Oc1cc(c([N+](=O)[O-])cc1Cl)O2. The van der Waals surface area contributed by atoms with Gasteiger partial charge in [0.25, 0.3) is 0 Å². The lowest BCUT2D eigenvalue weighted by atomic mass is 10.2. The Balaban J connectivity index is 1.90. The Morgan fingerprint density at radius 1 is 0.333 bits per heavy atom. The van der Waals surface area contributed by atoms with E-state index < -0.39 is 120 Å². The van der Waals surface area contributed by atoms with Gasteiger partial charge >= 0.3 is 34.1 Å². The Labute approximate surface area is 271 Å². The minimum Gasteiger partial charge on any atom is -0.448 e. The molecule has 0 atom stereocenters. The van der Waals surface area contributed by atoms with E-state index in [2.05, 4.69) is 0 Å². The van der Waals surface area contributed by atoms with Crippen molar-refractivity contribution in [1.29, 1.82) is 0 Å². The molecule has 4 aromatic rings. The fourth-order valence-electron chi connectivity index (χ4n) is 4.10. The lowest BCUT2D eigenvalue weighted by molar-refractivity contribution is -0.395. The van der Waals surface area contributed by atoms with Crippen molar-refractivity contribution in [2.24, 2.45) is 0 Å². The molecule has 48 heavy (non-hydrogen) atoms. The highest BCUT2D eigenvalue weighted by Gasteiger charge is 2.34. The largest absolute Gasteiger partial charge is 0.448 e. The molecule has 8 bridgehead atoms. The first-order chi connectivity index (χ1) is 22.5. The number of ether oxygens (including phenoxy) is 4. The number of hydrogen-bond acceptors (Lipinski definition) is 16. The van der Waals surface area contributed by atoms with Crippen molar-refractivity contribution in [3.8, 4) is 46.0 Å². The molecule has 244 valence electrons. The smallest absolute Gasteiger partial charge is 0.318 e. The van der Waals surface area contributed by atoms with Gasteiger partial charge in [-0.3, -0.25) is 60.7 Å². The summed E-state index contributed by atoms with van der Waals surface area (Å²) in [5.74, 6) is -6.43. The van der Waals surface area contributed by atoms with E-state index in [-0.39, 0.29) is 0 Å². The van der Waals surface area contributed by atoms with Crippen LogP contribution in [0, 0.1) is 60.7 Å². The van der Waals surface area contributed by atoms with E-state index in [1.165, 1.54) is 0 Å². The quantitative estimate of drug-likeness (QED) is 0.119. The van der Waals surface area contributed by atoms with Crippen LogP contribution in [0.15, 0.2) is 48.5 Å². The van der Waals surface area contributed by atoms with Gasteiger partial charge in [0.2, 0.25) is 34.5 Å². The molecule has 1 heterocycles. The Kier molecular flexibility index (Phi) is 8.18. The number of nitro groups is 6. The van der Waals surface area contributed by atoms with Gasteiger partial charge in [-0.05, 0) is 0 Å². The van der Waals surface area contributed by atoms with Crippen LogP contribution in [0.3, 0.4) is 0 Å². The van der Waals surface area contributed by atoms with Crippen molar-refractivity contribution in [3.05, 3.63) is 119 Å². The molecule has 0 radical (unpaired) electrons. The molecule has 4 aromatic carbocycles. The van der Waals surface area contributed by atoms with Gasteiger partial charge < -0.3 is 18.9 Å². The van der Waals surface area contributed by atoms with Crippen LogP contribution in [0.1, 0.15) is 0 Å². The average Bonchev–Trinajstić information content (AvgIpc) is 2.98. The molecule has 0 saturated heterocycles. The summed E-state index contributed by atoms with van der Waals surface area (Å²) in [4.78, 5) is 64.7. The minimum absolute atomic E-state index is 0.376. The van der Waals surface area contributed by atoms with Crippen LogP contribution in [0.4, 0.5) is 34.1 Å². The van der Waals surface area contributed by atoms with Gasteiger partial charge in [-0.1, -0.05) is 23.2 Å². The van der Waals surface area contributed by atoms with Crippen LogP contribution in [0.2, 0.25) is 10.0 Å². The van der Waals surface area contributed by atoms with Gasteiger partial charge in [0.15, 0.2) is 11.5 Å². The topological polar surface area (TPSA) is 296 Å². The van der Waals surface area contributed by atoms with Crippen LogP contribution in [0.5, 0.6) is 46.0 Å². The van der Waals surface area contributed by atoms with E-state index in [0.717, 1.165) is 0 Å². The molecule has 22 nitrogen and oxygen atoms in total. The molecule has 0 saturated carbocycles. The third kappa shape index (κ3) is 6.01. The summed E-state index contributed by atoms with van der Waals surface area (Å²) >= 11 is 12.3. The lowest BCUT2D eigenvalue weighted by Crippen LogP contribution is -2.03. The van der Waals surface area contributed by atoms with Gasteiger partial charge in [-0.2, -0.15) is 0 Å². The fraction of sp³-hybridized carbons (Fsp3) is 0. The summed E-state index contributed by atoms with van der Waals surface area (Å²) < 4.78 is 21.9. The summed E-state index contributed by atoms with van der Waals surface area (Å²) in [5.41, 5.74) is -6.22. The Morgan fingerprint density at radius 2 is 0.521 bits per heavy atom. The molecule has 24 heteroatoms. The van der Waals surface area contributed by atoms with Crippen LogP contribution >= 0.6 is 23.2 Å². The zero-order valence-corrected chi connectivity index (χ0v) is 24.1. The van der Waals surface area contributed by atoms with Crippen LogP contribution < -0.4 is 18.9 Å². The summed E-state index contributed by atoms with van der Waals surface area (Å²) in [5, 5.41) is 70.1. The van der Waals surface area contributed by atoms with Gasteiger partial charge in [-0.25, -0.2) is 0 Å². The zero-order valence-electron chi connectivity index (χ0n) is 22.6. The number of hydrogen-bond donors (Lipinski definition) is 0. The maximum Gasteiger partial charge on any atom is 0.318 e. The predicted molar refractivity (Wildman–Crippen MR) is 156 cm³/mol. The normalized spacial score (nSPS) is 11.5. The van der Waals surface area contributed by atoms with E-state index >= 15 is 0 Å². The van der Waals surface area contributed by atoms with Crippen molar-refractivity contribution in [3.63, 3.8) is 0 Å². The van der Waals surface area contributed by atoms with E-state index in [9.17, 15) is 60.7 Å². The standard InChI is InChI=1S/C24H8Cl2N6O16/c25-9-1-11(27(33)34)19-5-17(9)45-21-7-24(16(32(43)44)3-13(21)29(37)38)48-20-6-18(10(26)2-12(20)28(35)36)46-22-8-23(47-19)15(31(41)42)4-14(22)30(39)40/h1-8H. The molecular formula is C24H8Cl2N6O16. The number of rotatable bonds is 6. The monoisotopic (exact) mass is 706 g/mol. The molecule has 0 spiro atoms. The van der Waals surface area contributed by atoms with Gasteiger partial charge in [0.1, 0.15) is 12.1 Å². The highest BCUT2D eigenvalue weighted by molar-refractivity contribution is 6.32. The van der Waals surface area contributed by atoms with Crippen molar-refractivity contribution in [2.45, 2.75) is 0 Å². The molecule has 1 aliphatic heterocycles. The summed E-state index contributed by atoms with van der Waals surface area (Å²) in [6, 6.07) is 4.53. The number of benzene rings is 4. The Morgan fingerprint density at radius 3 is 0.750 bits per heavy atom. The maximum atomic E-state index is 11.9. The zero-order chi connectivity index (χ0) is 35.2. The first kappa shape index (κ1) is 32.5. The second-order valence-electron chi connectivity index (χ2n) is 9.03. The lowest BCUT2D eigenvalue weighted by Gasteiger charge is -2.15. The molecule has 0 fully saturated rings. The van der Waals surface area contributed by atoms with Gasteiger partial charge in [0, 0.05) is 36.4 Å². The Hall–Kier alpha value is -6.94. The highest BCUT2D eigenvalue weighted by atomic mass is 35.5. The molecule has 0 N–H and O–H groups in total. The van der Waals surface area contributed by atoms with Gasteiger partial charge in [-0.15, -0.1) is 0 Å². The molecular weight excluding hydrogens is 699 g/mol. The van der Waals surface area contributed by atoms with Crippen LogP contribution in [-0.2, 0) is 0 Å². The first-order valence-corrected chi connectivity index (χ1v) is 12.9. The third-order valence-corrected chi connectivity index (χ3v) is 6.76. The molecule has 0 unspecified atom stereocenters. The van der Waals surface area contributed by atoms with Gasteiger partial charge in [0.05, 0.1) is 39.6 Å². The fourth-order valence-corrected chi connectivity index (χ4v) is 4.50. The summed E-state index contributed by atoms with van der Waals surface area (Å²) in [6.45, 7) is 0. The molecule has 0 aliphatic carbocycles. The molecule has 0 amide bonds. The average molecular weight is 707 g/mol. The maximum absolute atomic E-state index is 11.9. The van der Waals surface area contributed by atoms with E-state index in [0.29, 0.717) is 48.5 Å². The summed E-state index contributed by atoms with van der Waals surface area (Å²) in [6.07, 6.45) is 0. The molecule has 0 aromatic heterocycles. The third-order valence-electron chi connectivity index (χ3n) is 6.17. The first-order valence-electron chi connectivity index (χ1n) is 12.2. The highest BCUT2D eigenvalue weighted by Crippen LogP contribution is 2.51. The van der Waals surface area contributed by atoms with Crippen molar-refractivity contribution < 1.29 is 48.5 Å². The second-order valence-corrected chi connectivity index (χ2v) is 9.84. The second kappa shape index (κ2) is 12.1. The van der Waals surface area contributed by atoms with Crippen molar-refractivity contribution in [2.75, 3.05) is 0 Å². The van der Waals surface area contributed by atoms with E-state index in [1.54, 1.807) is 0 Å². The van der Waals surface area contributed by atoms with Crippen molar-refractivity contribution in [1.82, 2.24) is 0 Å². The minimum atomic E-state index is -1.13. The Bertz CT molecular complexity index is 2010. The van der Waals surface area contributed by atoms with Crippen LogP contribution in [0.25, 0.3) is 0 Å². The summed E-state index contributed by atoms with van der Waals surface area (Å²) in [7, 11) is 0.